The van der Waals surface area contributed by atoms with Crippen LogP contribution in [0.2, 0.25) is 0 Å². The minimum atomic E-state index is -0.568. The van der Waals surface area contributed by atoms with E-state index in [2.05, 4.69) is 10.5 Å². The van der Waals surface area contributed by atoms with E-state index in [9.17, 15) is 9.59 Å². The molecule has 1 N–H and O–H groups in total. The Morgan fingerprint density at radius 2 is 1.92 bits per heavy atom. The smallest absolute Gasteiger partial charge is 0.325 e. The minimum Gasteiger partial charge on any atom is -0.461 e. The van der Waals surface area contributed by atoms with Crippen molar-refractivity contribution in [2.24, 2.45) is 0 Å². The molecule has 122 valence electrons. The van der Waals surface area contributed by atoms with Crippen LogP contribution in [0, 0.1) is 0 Å². The van der Waals surface area contributed by atoms with Crippen LogP contribution < -0.4 is 5.32 Å². The summed E-state index contributed by atoms with van der Waals surface area (Å²) >= 11 is 0. The van der Waals surface area contributed by atoms with E-state index in [1.165, 1.54) is 6.26 Å². The molecule has 0 unspecified atom stereocenters. The normalized spacial score (nSPS) is 10.3. The summed E-state index contributed by atoms with van der Waals surface area (Å²) in [5.41, 5.74) is 0.925. The zero-order chi connectivity index (χ0) is 16.8. The molecule has 0 saturated heterocycles. The van der Waals surface area contributed by atoms with Crippen LogP contribution in [-0.4, -0.2) is 23.6 Å². The number of hydrogen-bond acceptors (Lipinski definition) is 6. The highest BCUT2D eigenvalue weighted by atomic mass is 16.5. The Hall–Kier alpha value is -3.35. The largest absolute Gasteiger partial charge is 0.461 e. The Morgan fingerprint density at radius 3 is 2.67 bits per heavy atom. The number of hydrogen-bond donors (Lipinski definition) is 1. The van der Waals surface area contributed by atoms with Crippen LogP contribution in [0.5, 0.6) is 0 Å². The lowest BCUT2D eigenvalue weighted by Gasteiger charge is -2.05. The second kappa shape index (κ2) is 7.28. The number of rotatable bonds is 6. The van der Waals surface area contributed by atoms with Gasteiger partial charge in [0.1, 0.15) is 18.8 Å². The predicted molar refractivity (Wildman–Crippen MR) is 82.8 cm³/mol. The van der Waals surface area contributed by atoms with Gasteiger partial charge in [0.15, 0.2) is 5.76 Å². The van der Waals surface area contributed by atoms with E-state index in [0.29, 0.717) is 22.8 Å². The van der Waals surface area contributed by atoms with Crippen LogP contribution in [0.25, 0.3) is 11.5 Å². The maximum atomic E-state index is 11.8. The van der Waals surface area contributed by atoms with E-state index in [1.807, 2.05) is 0 Å². The number of amides is 1. The minimum absolute atomic E-state index is 0.0513. The molecule has 7 heteroatoms. The molecule has 0 atom stereocenters. The molecule has 24 heavy (non-hydrogen) atoms. The van der Waals surface area contributed by atoms with Crippen LogP contribution in [0.1, 0.15) is 16.1 Å². The molecular weight excluding hydrogens is 312 g/mol. The molecule has 0 fully saturated rings. The number of furan rings is 1. The quantitative estimate of drug-likeness (QED) is 0.699. The molecular formula is C17H14N2O5. The van der Waals surface area contributed by atoms with Crippen molar-refractivity contribution in [3.8, 4) is 11.5 Å². The Morgan fingerprint density at radius 1 is 1.08 bits per heavy atom. The van der Waals surface area contributed by atoms with Crippen LogP contribution in [0.3, 0.4) is 0 Å². The summed E-state index contributed by atoms with van der Waals surface area (Å²) < 4.78 is 15.3. The van der Waals surface area contributed by atoms with Crippen LogP contribution in [-0.2, 0) is 16.1 Å². The Balaban J connectivity index is 1.45. The Kier molecular flexibility index (Phi) is 4.71. The summed E-state index contributed by atoms with van der Waals surface area (Å²) in [6.07, 6.45) is 1.52. The summed E-state index contributed by atoms with van der Waals surface area (Å²) in [5.74, 6) is 0.0783. The molecule has 3 aromatic rings. The van der Waals surface area contributed by atoms with Crippen molar-refractivity contribution in [1.29, 1.82) is 0 Å². The van der Waals surface area contributed by atoms with Gasteiger partial charge in [-0.15, -0.1) is 0 Å². The second-order valence-electron chi connectivity index (χ2n) is 4.87. The lowest BCUT2D eigenvalue weighted by Crippen LogP contribution is -2.30. The SMILES string of the molecule is O=C(CNC(=O)c1ccccc1)OCc1cc(-c2ccco2)on1. The monoisotopic (exact) mass is 326 g/mol. The number of benzene rings is 1. The van der Waals surface area contributed by atoms with Gasteiger partial charge in [-0.05, 0) is 24.3 Å². The third kappa shape index (κ3) is 3.89. The van der Waals surface area contributed by atoms with E-state index in [1.54, 1.807) is 48.5 Å². The molecule has 0 aliphatic heterocycles. The molecule has 2 aromatic heterocycles. The summed E-state index contributed by atoms with van der Waals surface area (Å²) in [4.78, 5) is 23.5. The second-order valence-corrected chi connectivity index (χ2v) is 4.87. The highest BCUT2D eigenvalue weighted by Crippen LogP contribution is 2.20. The summed E-state index contributed by atoms with van der Waals surface area (Å²) in [6.45, 7) is -0.277. The molecule has 0 aliphatic rings. The fourth-order valence-electron chi connectivity index (χ4n) is 1.96. The van der Waals surface area contributed by atoms with Crippen molar-refractivity contribution in [2.75, 3.05) is 6.54 Å². The fourth-order valence-corrected chi connectivity index (χ4v) is 1.96. The number of carbonyl (C=O) groups is 2. The van der Waals surface area contributed by atoms with E-state index >= 15 is 0 Å². The molecule has 2 heterocycles. The van der Waals surface area contributed by atoms with E-state index in [4.69, 9.17) is 13.7 Å². The maximum absolute atomic E-state index is 11.8. The van der Waals surface area contributed by atoms with Crippen molar-refractivity contribution in [1.82, 2.24) is 10.5 Å². The first-order valence-corrected chi connectivity index (χ1v) is 7.21. The molecule has 0 bridgehead atoms. The topological polar surface area (TPSA) is 94.6 Å². The van der Waals surface area contributed by atoms with Gasteiger partial charge >= 0.3 is 5.97 Å². The Labute approximate surface area is 137 Å². The standard InChI is InChI=1S/C17H14N2O5/c20-16(10-18-17(21)12-5-2-1-3-6-12)23-11-13-9-15(24-19-13)14-7-4-8-22-14/h1-9H,10-11H2,(H,18,21). The third-order valence-corrected chi connectivity index (χ3v) is 3.13. The Bertz CT molecular complexity index is 809. The van der Waals surface area contributed by atoms with E-state index in [-0.39, 0.29) is 19.1 Å². The third-order valence-electron chi connectivity index (χ3n) is 3.13. The van der Waals surface area contributed by atoms with Crippen molar-refractivity contribution >= 4 is 11.9 Å². The molecule has 3 rings (SSSR count). The number of carbonyl (C=O) groups excluding carboxylic acids is 2. The number of aromatic nitrogens is 1. The molecule has 0 saturated carbocycles. The van der Waals surface area contributed by atoms with E-state index < -0.39 is 5.97 Å². The first-order chi connectivity index (χ1) is 11.7. The average Bonchev–Trinajstić information content (AvgIpc) is 3.29. The van der Waals surface area contributed by atoms with Gasteiger partial charge in [-0.3, -0.25) is 9.59 Å². The van der Waals surface area contributed by atoms with Crippen LogP contribution in [0.15, 0.2) is 63.7 Å². The van der Waals surface area contributed by atoms with E-state index in [0.717, 1.165) is 0 Å². The number of esters is 1. The summed E-state index contributed by atoms with van der Waals surface area (Å²) in [5, 5.41) is 6.28. The number of ether oxygens (including phenoxy) is 1. The zero-order valence-electron chi connectivity index (χ0n) is 12.6. The van der Waals surface area contributed by atoms with Gasteiger partial charge in [0.2, 0.25) is 5.76 Å². The summed E-state index contributed by atoms with van der Waals surface area (Å²) in [6, 6.07) is 13.7. The van der Waals surface area contributed by atoms with Gasteiger partial charge in [0, 0.05) is 11.6 Å². The first-order valence-electron chi connectivity index (χ1n) is 7.21. The van der Waals surface area contributed by atoms with Gasteiger partial charge in [-0.25, -0.2) is 0 Å². The van der Waals surface area contributed by atoms with Gasteiger partial charge in [-0.2, -0.15) is 0 Å². The number of nitrogens with one attached hydrogen (secondary N) is 1. The molecule has 1 amide bonds. The summed E-state index contributed by atoms with van der Waals surface area (Å²) in [7, 11) is 0. The number of nitrogens with zero attached hydrogens (tertiary/aromatic N) is 1. The predicted octanol–water partition coefficient (Wildman–Crippen LogP) is 2.41. The van der Waals surface area contributed by atoms with Crippen molar-refractivity contribution in [2.45, 2.75) is 6.61 Å². The van der Waals surface area contributed by atoms with Crippen LogP contribution >= 0.6 is 0 Å². The molecule has 0 aliphatic carbocycles. The molecule has 7 nitrogen and oxygen atoms in total. The highest BCUT2D eigenvalue weighted by molar-refractivity contribution is 5.95. The van der Waals surface area contributed by atoms with Gasteiger partial charge in [0.05, 0.1) is 6.26 Å². The van der Waals surface area contributed by atoms with Crippen molar-refractivity contribution in [3.63, 3.8) is 0 Å². The lowest BCUT2D eigenvalue weighted by molar-refractivity contribution is -0.143. The fraction of sp³-hybridized carbons (Fsp3) is 0.118. The highest BCUT2D eigenvalue weighted by Gasteiger charge is 2.12. The van der Waals surface area contributed by atoms with Gasteiger partial charge in [0.25, 0.3) is 5.91 Å². The average molecular weight is 326 g/mol. The molecule has 1 aromatic carbocycles. The van der Waals surface area contributed by atoms with Gasteiger partial charge < -0.3 is 19.0 Å². The molecule has 0 spiro atoms. The van der Waals surface area contributed by atoms with Crippen molar-refractivity contribution in [3.05, 3.63) is 66.1 Å². The first kappa shape index (κ1) is 15.5. The van der Waals surface area contributed by atoms with Crippen molar-refractivity contribution < 1.29 is 23.3 Å². The van der Waals surface area contributed by atoms with Crippen LogP contribution in [0.4, 0.5) is 0 Å². The molecule has 0 radical (unpaired) electrons. The zero-order valence-corrected chi connectivity index (χ0v) is 12.6. The van der Waals surface area contributed by atoms with Gasteiger partial charge in [-0.1, -0.05) is 23.4 Å². The maximum Gasteiger partial charge on any atom is 0.325 e. The lowest BCUT2D eigenvalue weighted by atomic mass is 10.2.